The lowest BCUT2D eigenvalue weighted by Gasteiger charge is -2.15. The number of aliphatic hydroxyl groups excluding tert-OH is 1. The third-order valence-corrected chi connectivity index (χ3v) is 12.1. The van der Waals surface area contributed by atoms with E-state index in [1.807, 2.05) is 0 Å². The summed E-state index contributed by atoms with van der Waals surface area (Å²) in [5, 5.41) is 9.65. The molecule has 1 atom stereocenters. The van der Waals surface area contributed by atoms with Gasteiger partial charge in [-0.2, -0.15) is 0 Å². The molecule has 67 heavy (non-hydrogen) atoms. The Bertz CT molecular complexity index is 1280. The van der Waals surface area contributed by atoms with Crippen molar-refractivity contribution in [2.24, 2.45) is 0 Å². The standard InChI is InChI=1S/C62H106O5/c1-3-5-7-9-11-13-15-17-19-21-23-25-27-29-31-33-35-37-39-41-43-45-47-49-51-53-55-57-62(65)67-60(58-63)59-66-61(64)56-54-52-50-48-46-44-42-40-38-36-34-32-30-28-26-24-22-20-18-16-14-12-10-8-6-4-2/h5,7,11,13,17,19,23,25,29,31,35,37,41,43,47,49,60,63H,3-4,6,8-10,12,14-16,18,20-22,24,26-28,30,32-34,36,38-40,42,44-46,48,50-59H2,1-2H3/b7-5-,13-11-,19-17-,25-23-,31-29-,37-35-,43-41-,49-47-. The first-order valence-corrected chi connectivity index (χ1v) is 28.3. The first-order chi connectivity index (χ1) is 33.1. The summed E-state index contributed by atoms with van der Waals surface area (Å²) in [6.07, 6.45) is 81.0. The SMILES string of the molecule is CC/C=C\C/C=C\C/C=C\C/C=C\C/C=C\C/C=C\C/C=C\C/C=C\CCCCC(=O)OC(CO)COC(=O)CCCCCCCCCCCCCCCCCCCCCCCCCCCC. The fraction of sp³-hybridized carbons (Fsp3) is 0.710. The summed E-state index contributed by atoms with van der Waals surface area (Å²) in [6.45, 7) is 4.01. The van der Waals surface area contributed by atoms with Crippen LogP contribution in [0.4, 0.5) is 0 Å². The molecule has 1 N–H and O–H groups in total. The van der Waals surface area contributed by atoms with Crippen LogP contribution in [0.5, 0.6) is 0 Å². The smallest absolute Gasteiger partial charge is 0.306 e. The number of carbonyl (C=O) groups excluding carboxylic acids is 2. The Balaban J connectivity index is 3.58. The fourth-order valence-corrected chi connectivity index (χ4v) is 7.93. The Labute approximate surface area is 415 Å². The van der Waals surface area contributed by atoms with Gasteiger partial charge in [-0.25, -0.2) is 0 Å². The van der Waals surface area contributed by atoms with Crippen LogP contribution >= 0.6 is 0 Å². The summed E-state index contributed by atoms with van der Waals surface area (Å²) in [7, 11) is 0. The normalized spacial score (nSPS) is 12.9. The molecule has 0 heterocycles. The predicted octanol–water partition coefficient (Wildman–Crippen LogP) is 19.1. The van der Waals surface area contributed by atoms with E-state index in [4.69, 9.17) is 9.47 Å². The maximum Gasteiger partial charge on any atom is 0.306 e. The molecular formula is C62H106O5. The Hall–Kier alpha value is -3.18. The highest BCUT2D eigenvalue weighted by Gasteiger charge is 2.16. The maximum absolute atomic E-state index is 12.3. The van der Waals surface area contributed by atoms with E-state index in [9.17, 15) is 14.7 Å². The summed E-state index contributed by atoms with van der Waals surface area (Å²) >= 11 is 0. The van der Waals surface area contributed by atoms with E-state index >= 15 is 0 Å². The lowest BCUT2D eigenvalue weighted by molar-refractivity contribution is -0.161. The number of esters is 2. The van der Waals surface area contributed by atoms with Gasteiger partial charge in [0.15, 0.2) is 6.10 Å². The van der Waals surface area contributed by atoms with E-state index in [0.717, 1.165) is 89.9 Å². The van der Waals surface area contributed by atoms with Crippen molar-refractivity contribution in [2.45, 2.75) is 270 Å². The highest BCUT2D eigenvalue weighted by molar-refractivity contribution is 5.70. The van der Waals surface area contributed by atoms with Crippen molar-refractivity contribution in [2.75, 3.05) is 13.2 Å². The summed E-state index contributed by atoms with van der Waals surface area (Å²) in [6, 6.07) is 0. The number of unbranched alkanes of at least 4 members (excludes halogenated alkanes) is 27. The number of aliphatic hydroxyl groups is 1. The van der Waals surface area contributed by atoms with Gasteiger partial charge in [-0.3, -0.25) is 9.59 Å². The van der Waals surface area contributed by atoms with Gasteiger partial charge in [-0.05, 0) is 77.0 Å². The molecule has 0 saturated carbocycles. The van der Waals surface area contributed by atoms with Crippen molar-refractivity contribution in [3.05, 3.63) is 97.2 Å². The second kappa shape index (κ2) is 57.1. The molecule has 0 aromatic heterocycles. The third-order valence-electron chi connectivity index (χ3n) is 12.1. The Morgan fingerprint density at radius 3 is 0.970 bits per heavy atom. The average molecular weight is 932 g/mol. The van der Waals surface area contributed by atoms with Crippen molar-refractivity contribution in [3.8, 4) is 0 Å². The molecule has 0 spiro atoms. The van der Waals surface area contributed by atoms with Gasteiger partial charge in [0.2, 0.25) is 0 Å². The van der Waals surface area contributed by atoms with Gasteiger partial charge < -0.3 is 14.6 Å². The Kier molecular flexibility index (Phi) is 54.4. The van der Waals surface area contributed by atoms with Crippen LogP contribution in [0.3, 0.4) is 0 Å². The number of hydrogen-bond acceptors (Lipinski definition) is 5. The predicted molar refractivity (Wildman–Crippen MR) is 292 cm³/mol. The number of hydrogen-bond donors (Lipinski definition) is 1. The zero-order chi connectivity index (χ0) is 48.5. The first-order valence-electron chi connectivity index (χ1n) is 28.3. The molecule has 0 bridgehead atoms. The molecule has 384 valence electrons. The molecule has 0 saturated heterocycles. The van der Waals surface area contributed by atoms with E-state index in [1.54, 1.807) is 0 Å². The number of carbonyl (C=O) groups is 2. The topological polar surface area (TPSA) is 72.8 Å². The minimum absolute atomic E-state index is 0.0864. The summed E-state index contributed by atoms with van der Waals surface area (Å²) in [5.41, 5.74) is 0. The molecule has 5 nitrogen and oxygen atoms in total. The van der Waals surface area contributed by atoms with Crippen LogP contribution in [0.2, 0.25) is 0 Å². The molecule has 5 heteroatoms. The van der Waals surface area contributed by atoms with Crippen LogP contribution in [-0.2, 0) is 19.1 Å². The molecule has 0 aliphatic rings. The molecule has 1 unspecified atom stereocenters. The largest absolute Gasteiger partial charge is 0.462 e. The average Bonchev–Trinajstić information content (AvgIpc) is 3.33. The first kappa shape index (κ1) is 63.8. The zero-order valence-corrected chi connectivity index (χ0v) is 43.9. The molecule has 0 fully saturated rings. The molecule has 0 aliphatic carbocycles. The van der Waals surface area contributed by atoms with Crippen molar-refractivity contribution in [1.82, 2.24) is 0 Å². The van der Waals surface area contributed by atoms with Crippen molar-refractivity contribution < 1.29 is 24.2 Å². The van der Waals surface area contributed by atoms with E-state index < -0.39 is 6.10 Å². The van der Waals surface area contributed by atoms with Gasteiger partial charge in [0.05, 0.1) is 6.61 Å². The van der Waals surface area contributed by atoms with Crippen LogP contribution < -0.4 is 0 Å². The van der Waals surface area contributed by atoms with Gasteiger partial charge in [-0.15, -0.1) is 0 Å². The highest BCUT2D eigenvalue weighted by atomic mass is 16.6. The van der Waals surface area contributed by atoms with Crippen molar-refractivity contribution in [1.29, 1.82) is 0 Å². The minimum Gasteiger partial charge on any atom is -0.462 e. The minimum atomic E-state index is -0.801. The van der Waals surface area contributed by atoms with Gasteiger partial charge in [0, 0.05) is 12.8 Å². The van der Waals surface area contributed by atoms with E-state index in [-0.39, 0.29) is 25.2 Å². The van der Waals surface area contributed by atoms with Gasteiger partial charge in [-0.1, -0.05) is 272 Å². The van der Waals surface area contributed by atoms with Crippen molar-refractivity contribution >= 4 is 11.9 Å². The summed E-state index contributed by atoms with van der Waals surface area (Å²) < 4.78 is 10.7. The van der Waals surface area contributed by atoms with Crippen LogP contribution in [0.15, 0.2) is 97.2 Å². The molecule has 0 aromatic carbocycles. The lowest BCUT2D eigenvalue weighted by atomic mass is 10.0. The zero-order valence-electron chi connectivity index (χ0n) is 43.9. The number of allylic oxidation sites excluding steroid dienone is 16. The number of rotatable bonds is 51. The Morgan fingerprint density at radius 1 is 0.358 bits per heavy atom. The van der Waals surface area contributed by atoms with E-state index in [1.165, 1.54) is 148 Å². The monoisotopic (exact) mass is 931 g/mol. The van der Waals surface area contributed by atoms with E-state index in [2.05, 4.69) is 111 Å². The van der Waals surface area contributed by atoms with E-state index in [0.29, 0.717) is 12.8 Å². The van der Waals surface area contributed by atoms with Gasteiger partial charge in [0.25, 0.3) is 0 Å². The maximum atomic E-state index is 12.3. The van der Waals surface area contributed by atoms with Crippen LogP contribution in [-0.4, -0.2) is 36.4 Å². The quantitative estimate of drug-likeness (QED) is 0.0374. The molecule has 0 aliphatic heterocycles. The highest BCUT2D eigenvalue weighted by Crippen LogP contribution is 2.17. The van der Waals surface area contributed by atoms with Crippen LogP contribution in [0, 0.1) is 0 Å². The number of ether oxygens (including phenoxy) is 2. The lowest BCUT2D eigenvalue weighted by Crippen LogP contribution is -2.28. The summed E-state index contributed by atoms with van der Waals surface area (Å²) in [5.74, 6) is -0.638. The second-order valence-corrected chi connectivity index (χ2v) is 18.6. The molecule has 0 radical (unpaired) electrons. The molecule has 0 aromatic rings. The van der Waals surface area contributed by atoms with Crippen LogP contribution in [0.1, 0.15) is 264 Å². The Morgan fingerprint density at radius 2 is 0.642 bits per heavy atom. The molecular weight excluding hydrogens is 825 g/mol. The fourth-order valence-electron chi connectivity index (χ4n) is 7.93. The van der Waals surface area contributed by atoms with Crippen molar-refractivity contribution in [3.63, 3.8) is 0 Å². The summed E-state index contributed by atoms with van der Waals surface area (Å²) in [4.78, 5) is 24.5. The molecule has 0 rings (SSSR count). The van der Waals surface area contributed by atoms with Gasteiger partial charge >= 0.3 is 11.9 Å². The van der Waals surface area contributed by atoms with Gasteiger partial charge in [0.1, 0.15) is 6.61 Å². The third kappa shape index (κ3) is 55.3. The second-order valence-electron chi connectivity index (χ2n) is 18.6. The molecule has 0 amide bonds. The van der Waals surface area contributed by atoms with Crippen LogP contribution in [0.25, 0.3) is 0 Å².